The molecular formula is C26H27B7F3N5O2. The summed E-state index contributed by atoms with van der Waals surface area (Å²) in [5.74, 6) is 0.409. The molecule has 2 aliphatic rings. The van der Waals surface area contributed by atoms with Gasteiger partial charge in [0.05, 0.1) is 46.8 Å². The van der Waals surface area contributed by atoms with Crippen LogP contribution in [0.5, 0.6) is 0 Å². The number of amides is 1. The average Bonchev–Trinajstić information content (AvgIpc) is 2.93. The maximum absolute atomic E-state index is 13.0. The smallest absolute Gasteiger partial charge is 0.434 e. The highest BCUT2D eigenvalue weighted by molar-refractivity contribution is 6.67. The number of carbonyl (C=O) groups excluding carboxylic acids is 1. The van der Waals surface area contributed by atoms with Gasteiger partial charge in [-0.15, -0.1) is 27.3 Å². The van der Waals surface area contributed by atoms with Crippen molar-refractivity contribution in [1.82, 2.24) is 19.8 Å². The Labute approximate surface area is 260 Å². The van der Waals surface area contributed by atoms with Crippen molar-refractivity contribution in [2.24, 2.45) is 5.92 Å². The van der Waals surface area contributed by atoms with Crippen LogP contribution >= 0.6 is 0 Å². The molecule has 43 heavy (non-hydrogen) atoms. The lowest BCUT2D eigenvalue weighted by Crippen LogP contribution is -2.60. The van der Waals surface area contributed by atoms with Gasteiger partial charge in [-0.3, -0.25) is 4.90 Å². The van der Waals surface area contributed by atoms with Crippen LogP contribution in [0.4, 0.5) is 23.8 Å². The van der Waals surface area contributed by atoms with Gasteiger partial charge in [-0.05, 0) is 51.1 Å². The molecule has 0 spiro atoms. The number of anilines is 1. The second-order valence-electron chi connectivity index (χ2n) is 11.5. The van der Waals surface area contributed by atoms with E-state index in [9.17, 15) is 18.0 Å². The molecule has 2 aromatic rings. The largest absolute Gasteiger partial charge is 0.449 e. The summed E-state index contributed by atoms with van der Waals surface area (Å²) in [6, 6.07) is -0.554. The zero-order valence-electron chi connectivity index (χ0n) is 24.3. The fourth-order valence-corrected chi connectivity index (χ4v) is 5.87. The van der Waals surface area contributed by atoms with Crippen molar-refractivity contribution in [1.29, 1.82) is 0 Å². The summed E-state index contributed by atoms with van der Waals surface area (Å²) in [4.78, 5) is 25.7. The molecule has 2 fully saturated rings. The number of alkyl halides is 3. The molecule has 2 aliphatic heterocycles. The van der Waals surface area contributed by atoms with Crippen LogP contribution in [-0.4, -0.2) is 124 Å². The third-order valence-corrected chi connectivity index (χ3v) is 8.31. The number of carbonyl (C=O) groups is 1. The predicted molar refractivity (Wildman–Crippen MR) is 167 cm³/mol. The highest BCUT2D eigenvalue weighted by atomic mass is 19.4. The molecule has 1 unspecified atom stereocenters. The summed E-state index contributed by atoms with van der Waals surface area (Å²) >= 11 is 0. The molecule has 4 rings (SSSR count). The molecule has 7 nitrogen and oxygen atoms in total. The number of ether oxygens (including phenoxy) is 1. The maximum atomic E-state index is 13.0. The van der Waals surface area contributed by atoms with E-state index in [4.69, 9.17) is 59.7 Å². The summed E-state index contributed by atoms with van der Waals surface area (Å²) in [7, 11) is 43.2. The van der Waals surface area contributed by atoms with E-state index in [0.717, 1.165) is 12.6 Å². The van der Waals surface area contributed by atoms with Crippen molar-refractivity contribution >= 4 is 94.1 Å². The van der Waals surface area contributed by atoms with E-state index in [0.29, 0.717) is 50.1 Å². The van der Waals surface area contributed by atoms with Gasteiger partial charge in [0.1, 0.15) is 45.0 Å². The van der Waals surface area contributed by atoms with Crippen molar-refractivity contribution in [3.63, 3.8) is 0 Å². The standard InChI is InChI=1S/C26H27B7F3N5O2/c1-13-10-39(18-9-37-17(8-38-18)26(34,35)36)11-14(2)41(13)24(42)43-6-4-15-3-5-40(25(32,33)7-15)12-16-19(27)21(29)23(31)22(30)20(16)28/h8-9,13-15H,3-7,10-12H2,1-2H3/t13-,14+,15?. The molecule has 0 saturated carbocycles. The van der Waals surface area contributed by atoms with Crippen LogP contribution in [0.2, 0.25) is 0 Å². The van der Waals surface area contributed by atoms with Crippen molar-refractivity contribution in [3.05, 3.63) is 23.7 Å². The normalized spacial score (nSPS) is 22.9. The number of likely N-dealkylation sites (tertiary alicyclic amines) is 1. The molecule has 210 valence electrons. The van der Waals surface area contributed by atoms with Crippen LogP contribution in [0.15, 0.2) is 12.4 Å². The highest BCUT2D eigenvalue weighted by Crippen LogP contribution is 2.31. The fraction of sp³-hybridized carbons (Fsp3) is 0.577. The quantitative estimate of drug-likeness (QED) is 0.366. The Morgan fingerprint density at radius 2 is 1.56 bits per heavy atom. The van der Waals surface area contributed by atoms with E-state index in [-0.39, 0.29) is 58.5 Å². The molecule has 1 aromatic heterocycles. The summed E-state index contributed by atoms with van der Waals surface area (Å²) < 4.78 is 44.1. The number of halogens is 3. The van der Waals surface area contributed by atoms with E-state index in [1.165, 1.54) is 0 Å². The molecule has 14 radical (unpaired) electrons. The number of nitrogens with zero attached hydrogens (tertiary/aromatic N) is 5. The minimum Gasteiger partial charge on any atom is -0.449 e. The van der Waals surface area contributed by atoms with Crippen molar-refractivity contribution in [2.45, 2.75) is 63.3 Å². The van der Waals surface area contributed by atoms with Gasteiger partial charge in [0.2, 0.25) is 0 Å². The summed E-state index contributed by atoms with van der Waals surface area (Å²) in [6.45, 7) is 5.36. The molecule has 2 saturated heterocycles. The SMILES string of the molecule is [B]c1c([B])c([B])c(CN2CCC(CCOC(=O)N3[C@H](C)CN(c4cnc(C(F)(F)F)cn4)C[C@@H]3C)CC2([B])[B])c([B])c1[B]. The van der Waals surface area contributed by atoms with Gasteiger partial charge in [-0.25, -0.2) is 14.8 Å². The minimum atomic E-state index is -4.56. The van der Waals surface area contributed by atoms with Crippen LogP contribution in [0.3, 0.4) is 0 Å². The Bertz CT molecular complexity index is 1290. The predicted octanol–water partition coefficient (Wildman–Crippen LogP) is -2.21. The monoisotopic (exact) mass is 575 g/mol. The Hall–Kier alpha value is -2.43. The molecule has 3 heterocycles. The summed E-state index contributed by atoms with van der Waals surface area (Å²) in [5.41, 5.74) is 0.408. The first-order valence-corrected chi connectivity index (χ1v) is 13.9. The van der Waals surface area contributed by atoms with Crippen LogP contribution in [0, 0.1) is 5.92 Å². The first-order chi connectivity index (χ1) is 20.0. The number of hydrogen-bond acceptors (Lipinski definition) is 6. The molecule has 0 bridgehead atoms. The van der Waals surface area contributed by atoms with Crippen LogP contribution < -0.4 is 32.2 Å². The van der Waals surface area contributed by atoms with Gasteiger partial charge in [0.15, 0.2) is 5.69 Å². The molecular weight excluding hydrogens is 547 g/mol. The zero-order chi connectivity index (χ0) is 31.9. The van der Waals surface area contributed by atoms with Gasteiger partial charge in [-0.1, -0.05) is 5.34 Å². The number of aromatic nitrogens is 2. The van der Waals surface area contributed by atoms with Crippen molar-refractivity contribution in [2.75, 3.05) is 31.1 Å². The second kappa shape index (κ2) is 12.9. The highest BCUT2D eigenvalue weighted by Gasteiger charge is 2.37. The van der Waals surface area contributed by atoms with Gasteiger partial charge in [0.25, 0.3) is 0 Å². The van der Waals surface area contributed by atoms with Crippen LogP contribution in [-0.2, 0) is 17.5 Å². The van der Waals surface area contributed by atoms with E-state index >= 15 is 0 Å². The van der Waals surface area contributed by atoms with E-state index in [1.807, 2.05) is 18.7 Å². The lowest BCUT2D eigenvalue weighted by molar-refractivity contribution is -0.141. The zero-order valence-corrected chi connectivity index (χ0v) is 24.3. The average molecular weight is 574 g/mol. The first-order valence-electron chi connectivity index (χ1n) is 13.9. The summed E-state index contributed by atoms with van der Waals surface area (Å²) in [6.07, 6.45) is -1.48. The Morgan fingerprint density at radius 1 is 0.977 bits per heavy atom. The maximum Gasteiger partial charge on any atom is 0.434 e. The second-order valence-corrected chi connectivity index (χ2v) is 11.5. The molecule has 0 N–H and O–H groups in total. The third-order valence-electron chi connectivity index (χ3n) is 8.31. The molecule has 3 atom stereocenters. The van der Waals surface area contributed by atoms with E-state index in [2.05, 4.69) is 9.97 Å². The molecule has 1 amide bonds. The number of piperazine rings is 1. The Kier molecular flexibility index (Phi) is 10.0. The Balaban J connectivity index is 1.28. The number of benzene rings is 1. The molecule has 1 aromatic carbocycles. The van der Waals surface area contributed by atoms with Gasteiger partial charge in [-0.2, -0.15) is 13.2 Å². The van der Waals surface area contributed by atoms with E-state index < -0.39 is 23.3 Å². The number of piperidine rings is 1. The number of hydrogen-bond donors (Lipinski definition) is 0. The minimum absolute atomic E-state index is 0.0974. The van der Waals surface area contributed by atoms with Crippen LogP contribution in [0.25, 0.3) is 0 Å². The fourth-order valence-electron chi connectivity index (χ4n) is 5.87. The Morgan fingerprint density at radius 3 is 2.07 bits per heavy atom. The van der Waals surface area contributed by atoms with Crippen molar-refractivity contribution < 1.29 is 22.7 Å². The van der Waals surface area contributed by atoms with Crippen LogP contribution in [0.1, 0.15) is 44.4 Å². The summed E-state index contributed by atoms with van der Waals surface area (Å²) in [5, 5.41) is -1.18. The van der Waals surface area contributed by atoms with Gasteiger partial charge in [0, 0.05) is 19.6 Å². The lowest BCUT2D eigenvalue weighted by Gasteiger charge is -2.48. The van der Waals surface area contributed by atoms with Gasteiger partial charge < -0.3 is 14.5 Å². The van der Waals surface area contributed by atoms with E-state index in [1.54, 1.807) is 9.80 Å². The first kappa shape index (κ1) is 33.5. The number of rotatable bonds is 6. The third kappa shape index (κ3) is 7.29. The lowest BCUT2D eigenvalue weighted by atomic mass is 9.54. The van der Waals surface area contributed by atoms with Gasteiger partial charge >= 0.3 is 12.3 Å². The molecule has 0 aliphatic carbocycles. The van der Waals surface area contributed by atoms with Crippen molar-refractivity contribution in [3.8, 4) is 0 Å². The molecule has 17 heteroatoms. The topological polar surface area (TPSA) is 61.8 Å².